The first-order valence-electron chi connectivity index (χ1n) is 5.64. The first-order valence-corrected chi connectivity index (χ1v) is 7.95. The van der Waals surface area contributed by atoms with Crippen molar-refractivity contribution in [2.24, 2.45) is 0 Å². The Hall–Kier alpha value is -1.27. The maximum absolute atomic E-state index is 11.5. The number of hydrogen-bond donors (Lipinski definition) is 2. The van der Waals surface area contributed by atoms with E-state index < -0.39 is 15.3 Å². The standard InChI is InChI=1S/C11H11ClN2O3S/c12-18(16,17)14-11(15)13-10-8-3-1-6(8)5-7-2-4-9(7)10/h5H,1-4H2,(H2,13,14,15). The SMILES string of the molecule is O=C(Nc1c2c(cc3c1CC3)CC2)NS(=O)(=O)Cl. The van der Waals surface area contributed by atoms with Gasteiger partial charge in [0, 0.05) is 16.4 Å². The molecule has 0 saturated heterocycles. The molecule has 2 N–H and O–H groups in total. The van der Waals surface area contributed by atoms with Crippen LogP contribution in [0, 0.1) is 0 Å². The summed E-state index contributed by atoms with van der Waals surface area (Å²) in [5, 5.41) is 2.61. The zero-order valence-corrected chi connectivity index (χ0v) is 11.0. The number of urea groups is 1. The van der Waals surface area contributed by atoms with E-state index in [1.807, 2.05) is 0 Å². The Balaban J connectivity index is 1.88. The monoisotopic (exact) mass is 286 g/mol. The minimum absolute atomic E-state index is 0.776. The van der Waals surface area contributed by atoms with E-state index in [4.69, 9.17) is 10.7 Å². The molecular formula is C11H11ClN2O3S. The fourth-order valence-corrected chi connectivity index (χ4v) is 2.95. The van der Waals surface area contributed by atoms with Gasteiger partial charge in [-0.25, -0.2) is 9.52 Å². The second-order valence-electron chi connectivity index (χ2n) is 4.52. The Kier molecular flexibility index (Phi) is 2.53. The van der Waals surface area contributed by atoms with E-state index in [1.54, 1.807) is 4.72 Å². The molecule has 96 valence electrons. The van der Waals surface area contributed by atoms with Crippen LogP contribution in [0.4, 0.5) is 10.5 Å². The van der Waals surface area contributed by atoms with Gasteiger partial charge in [0.15, 0.2) is 0 Å². The lowest BCUT2D eigenvalue weighted by Gasteiger charge is -2.32. The number of halogens is 1. The number of carbonyl (C=O) groups is 1. The molecule has 0 radical (unpaired) electrons. The molecular weight excluding hydrogens is 276 g/mol. The smallest absolute Gasteiger partial charge is 0.307 e. The van der Waals surface area contributed by atoms with Gasteiger partial charge in [-0.3, -0.25) is 0 Å². The Bertz CT molecular complexity index is 624. The molecule has 5 nitrogen and oxygen atoms in total. The Labute approximate surface area is 109 Å². The minimum atomic E-state index is -4.04. The predicted octanol–water partition coefficient (Wildman–Crippen LogP) is 1.49. The van der Waals surface area contributed by atoms with Gasteiger partial charge in [0.1, 0.15) is 0 Å². The third-order valence-electron chi connectivity index (χ3n) is 3.47. The Morgan fingerprint density at radius 3 is 2.06 bits per heavy atom. The van der Waals surface area contributed by atoms with Gasteiger partial charge in [-0.15, -0.1) is 0 Å². The van der Waals surface area contributed by atoms with Crippen molar-refractivity contribution in [3.63, 3.8) is 0 Å². The molecule has 0 heterocycles. The average Bonchev–Trinajstić information content (AvgIpc) is 2.09. The second kappa shape index (κ2) is 3.86. The van der Waals surface area contributed by atoms with Gasteiger partial charge in [0.2, 0.25) is 0 Å². The van der Waals surface area contributed by atoms with Crippen LogP contribution in [0.15, 0.2) is 6.07 Å². The summed E-state index contributed by atoms with van der Waals surface area (Å²) < 4.78 is 23.2. The largest absolute Gasteiger partial charge is 0.333 e. The lowest BCUT2D eigenvalue weighted by molar-refractivity contribution is 0.256. The summed E-state index contributed by atoms with van der Waals surface area (Å²) in [6, 6.07) is 1.37. The summed E-state index contributed by atoms with van der Waals surface area (Å²) in [7, 11) is 0.921. The Morgan fingerprint density at radius 2 is 1.67 bits per heavy atom. The summed E-state index contributed by atoms with van der Waals surface area (Å²) in [6.07, 6.45) is 3.89. The Morgan fingerprint density at radius 1 is 1.11 bits per heavy atom. The van der Waals surface area contributed by atoms with Crippen LogP contribution in [-0.4, -0.2) is 14.4 Å². The summed E-state index contributed by atoms with van der Waals surface area (Å²) in [5.74, 6) is 0. The zero-order valence-electron chi connectivity index (χ0n) is 9.42. The summed E-state index contributed by atoms with van der Waals surface area (Å²) in [5.41, 5.74) is 5.51. The molecule has 0 spiro atoms. The summed E-state index contributed by atoms with van der Waals surface area (Å²) in [6.45, 7) is 0. The first kappa shape index (κ1) is 11.8. The van der Waals surface area contributed by atoms with E-state index in [9.17, 15) is 13.2 Å². The van der Waals surface area contributed by atoms with Crippen molar-refractivity contribution < 1.29 is 13.2 Å². The molecule has 1 aromatic carbocycles. The zero-order chi connectivity index (χ0) is 12.9. The molecule has 0 unspecified atom stereocenters. The minimum Gasteiger partial charge on any atom is -0.307 e. The number of rotatable bonds is 2. The molecule has 2 aliphatic rings. The van der Waals surface area contributed by atoms with Crippen LogP contribution in [0.5, 0.6) is 0 Å². The number of hydrogen-bond acceptors (Lipinski definition) is 3. The summed E-state index contributed by atoms with van der Waals surface area (Å²) >= 11 is 0. The molecule has 0 saturated carbocycles. The van der Waals surface area contributed by atoms with Crippen LogP contribution < -0.4 is 10.0 Å². The number of nitrogens with one attached hydrogen (secondary N) is 2. The molecule has 2 aliphatic carbocycles. The number of anilines is 1. The average molecular weight is 287 g/mol. The van der Waals surface area contributed by atoms with E-state index >= 15 is 0 Å². The number of benzene rings is 1. The molecule has 1 aromatic rings. The van der Waals surface area contributed by atoms with Crippen LogP contribution in [0.25, 0.3) is 0 Å². The highest BCUT2D eigenvalue weighted by Crippen LogP contribution is 2.40. The highest BCUT2D eigenvalue weighted by molar-refractivity contribution is 8.12. The topological polar surface area (TPSA) is 75.3 Å². The van der Waals surface area contributed by atoms with Gasteiger partial charge in [0.05, 0.1) is 0 Å². The second-order valence-corrected chi connectivity index (χ2v) is 6.82. The number of aryl methyl sites for hydroxylation is 2. The van der Waals surface area contributed by atoms with Gasteiger partial charge < -0.3 is 5.32 Å². The van der Waals surface area contributed by atoms with Crippen molar-refractivity contribution in [2.45, 2.75) is 25.7 Å². The van der Waals surface area contributed by atoms with Crippen molar-refractivity contribution in [3.8, 4) is 0 Å². The van der Waals surface area contributed by atoms with Gasteiger partial charge in [-0.05, 0) is 47.9 Å². The van der Waals surface area contributed by atoms with Gasteiger partial charge in [-0.2, -0.15) is 8.42 Å². The van der Waals surface area contributed by atoms with Crippen molar-refractivity contribution in [2.75, 3.05) is 5.32 Å². The van der Waals surface area contributed by atoms with Crippen LogP contribution in [-0.2, 0) is 34.9 Å². The third-order valence-corrected chi connectivity index (χ3v) is 4.13. The molecule has 7 heteroatoms. The van der Waals surface area contributed by atoms with Crippen LogP contribution in [0.3, 0.4) is 0 Å². The highest BCUT2D eigenvalue weighted by atomic mass is 35.7. The molecule has 0 aliphatic heterocycles. The van der Waals surface area contributed by atoms with Crippen LogP contribution in [0.2, 0.25) is 0 Å². The van der Waals surface area contributed by atoms with Crippen molar-refractivity contribution in [3.05, 3.63) is 28.3 Å². The molecule has 2 amide bonds. The fourth-order valence-electron chi connectivity index (χ4n) is 2.47. The fraction of sp³-hybridized carbons (Fsp3) is 0.364. The van der Waals surface area contributed by atoms with E-state index in [0.717, 1.165) is 42.5 Å². The summed E-state index contributed by atoms with van der Waals surface area (Å²) in [4.78, 5) is 11.5. The maximum atomic E-state index is 11.5. The van der Waals surface area contributed by atoms with Crippen molar-refractivity contribution in [1.29, 1.82) is 0 Å². The normalized spacial score (nSPS) is 15.8. The lowest BCUT2D eigenvalue weighted by atomic mass is 9.76. The molecule has 0 atom stereocenters. The molecule has 0 aromatic heterocycles. The number of fused-ring (bicyclic) bond motifs is 2. The van der Waals surface area contributed by atoms with Crippen LogP contribution in [0.1, 0.15) is 22.3 Å². The van der Waals surface area contributed by atoms with E-state index in [1.165, 1.54) is 11.1 Å². The van der Waals surface area contributed by atoms with Crippen LogP contribution >= 0.6 is 10.7 Å². The van der Waals surface area contributed by atoms with E-state index in [2.05, 4.69) is 11.4 Å². The lowest BCUT2D eigenvalue weighted by Crippen LogP contribution is -2.33. The highest BCUT2D eigenvalue weighted by Gasteiger charge is 2.28. The third kappa shape index (κ3) is 1.95. The van der Waals surface area contributed by atoms with Gasteiger partial charge in [0.25, 0.3) is 0 Å². The molecule has 18 heavy (non-hydrogen) atoms. The first-order chi connectivity index (χ1) is 8.44. The van der Waals surface area contributed by atoms with Gasteiger partial charge >= 0.3 is 15.3 Å². The van der Waals surface area contributed by atoms with E-state index in [0.29, 0.717) is 0 Å². The molecule has 0 bridgehead atoms. The maximum Gasteiger partial charge on any atom is 0.333 e. The molecule has 0 fully saturated rings. The number of carbonyl (C=O) groups excluding carboxylic acids is 1. The molecule has 3 rings (SSSR count). The van der Waals surface area contributed by atoms with Crippen molar-refractivity contribution >= 4 is 31.6 Å². The number of amides is 2. The van der Waals surface area contributed by atoms with E-state index in [-0.39, 0.29) is 0 Å². The van der Waals surface area contributed by atoms with Crippen molar-refractivity contribution in [1.82, 2.24) is 4.72 Å². The predicted molar refractivity (Wildman–Crippen MR) is 68.2 cm³/mol. The van der Waals surface area contributed by atoms with Gasteiger partial charge in [-0.1, -0.05) is 6.07 Å². The quantitative estimate of drug-likeness (QED) is 0.809.